The van der Waals surface area contributed by atoms with E-state index in [2.05, 4.69) is 43.9 Å². The molecule has 0 spiro atoms. The van der Waals surface area contributed by atoms with Crippen LogP contribution in [-0.2, 0) is 0 Å². The van der Waals surface area contributed by atoms with E-state index in [1.807, 2.05) is 0 Å². The Bertz CT molecular complexity index is 470. The van der Waals surface area contributed by atoms with Gasteiger partial charge in [-0.1, -0.05) is 172 Å². The molecule has 0 aromatic rings. The van der Waals surface area contributed by atoms with Gasteiger partial charge in [0.2, 0.25) is 0 Å². The van der Waals surface area contributed by atoms with Crippen molar-refractivity contribution < 1.29 is 0 Å². The third-order valence-electron chi connectivity index (χ3n) is 8.08. The molecule has 0 saturated carbocycles. The predicted octanol–water partition coefficient (Wildman–Crippen LogP) is 14.4. The zero-order chi connectivity index (χ0) is 27.5. The summed E-state index contributed by atoms with van der Waals surface area (Å²) in [4.78, 5) is 0. The van der Waals surface area contributed by atoms with Crippen molar-refractivity contribution in [1.29, 1.82) is 0 Å². The minimum Gasteiger partial charge on any atom is -0.103 e. The molecular formula is C38H72. The second-order valence-electron chi connectivity index (χ2n) is 12.0. The normalized spacial score (nSPS) is 11.8. The monoisotopic (exact) mass is 529 g/mol. The fourth-order valence-corrected chi connectivity index (χ4v) is 5.42. The van der Waals surface area contributed by atoms with Gasteiger partial charge in [-0.25, -0.2) is 0 Å². The van der Waals surface area contributed by atoms with Gasteiger partial charge in [-0.05, 0) is 64.2 Å². The average molecular weight is 529 g/mol. The van der Waals surface area contributed by atoms with Crippen LogP contribution in [0.15, 0.2) is 37.0 Å². The molecule has 0 aliphatic carbocycles. The van der Waals surface area contributed by atoms with Gasteiger partial charge < -0.3 is 0 Å². The molecule has 0 aliphatic rings. The van der Waals surface area contributed by atoms with E-state index in [9.17, 15) is 0 Å². The lowest BCUT2D eigenvalue weighted by Crippen LogP contribution is -1.82. The van der Waals surface area contributed by atoms with E-state index in [1.54, 1.807) is 0 Å². The summed E-state index contributed by atoms with van der Waals surface area (Å²) in [6, 6.07) is 0. The topological polar surface area (TPSA) is 0 Å². The number of hydrogen-bond acceptors (Lipinski definition) is 0. The summed E-state index contributed by atoms with van der Waals surface area (Å²) in [5.74, 6) is 0. The van der Waals surface area contributed by atoms with Crippen LogP contribution in [0.1, 0.15) is 206 Å². The van der Waals surface area contributed by atoms with Gasteiger partial charge in [-0.2, -0.15) is 0 Å². The Hall–Kier alpha value is -0.780. The van der Waals surface area contributed by atoms with E-state index >= 15 is 0 Å². The Morgan fingerprint density at radius 2 is 0.500 bits per heavy atom. The zero-order valence-corrected chi connectivity index (χ0v) is 26.5. The molecule has 0 nitrogen and oxygen atoms in total. The quantitative estimate of drug-likeness (QED) is 0.0586. The van der Waals surface area contributed by atoms with Crippen molar-refractivity contribution >= 4 is 0 Å². The number of unbranched alkanes of at least 4 members (excludes halogenated alkanes) is 28. The molecule has 0 aromatic heterocycles. The van der Waals surface area contributed by atoms with Crippen LogP contribution < -0.4 is 0 Å². The summed E-state index contributed by atoms with van der Waals surface area (Å²) in [7, 11) is 0. The minimum absolute atomic E-state index is 1.20. The second kappa shape index (κ2) is 36.2. The van der Waals surface area contributed by atoms with E-state index < -0.39 is 0 Å². The highest BCUT2D eigenvalue weighted by Crippen LogP contribution is 2.14. The predicted molar refractivity (Wildman–Crippen MR) is 177 cm³/mol. The molecule has 38 heavy (non-hydrogen) atoms. The third kappa shape index (κ3) is 35.2. The van der Waals surface area contributed by atoms with E-state index in [1.165, 1.54) is 199 Å². The molecule has 224 valence electrons. The Morgan fingerprint density at radius 1 is 0.289 bits per heavy atom. The lowest BCUT2D eigenvalue weighted by atomic mass is 10.0. The fraction of sp³-hybridized carbons (Fsp3) is 0.842. The molecule has 0 atom stereocenters. The van der Waals surface area contributed by atoms with Gasteiger partial charge >= 0.3 is 0 Å². The Kier molecular flexibility index (Phi) is 35.5. The van der Waals surface area contributed by atoms with Crippen LogP contribution in [0, 0.1) is 0 Å². The van der Waals surface area contributed by atoms with E-state index in [4.69, 9.17) is 0 Å². The summed E-state index contributed by atoms with van der Waals surface area (Å²) in [5, 5.41) is 0. The number of rotatable bonds is 33. The van der Waals surface area contributed by atoms with Gasteiger partial charge in [0.05, 0.1) is 0 Å². The van der Waals surface area contributed by atoms with Gasteiger partial charge in [0.15, 0.2) is 0 Å². The highest BCUT2D eigenvalue weighted by molar-refractivity contribution is 4.83. The highest BCUT2D eigenvalue weighted by Gasteiger charge is 1.94. The lowest BCUT2D eigenvalue weighted by molar-refractivity contribution is 0.540. The lowest BCUT2D eigenvalue weighted by Gasteiger charge is -2.02. The first-order valence-corrected chi connectivity index (χ1v) is 17.8. The third-order valence-corrected chi connectivity index (χ3v) is 8.08. The molecule has 0 heteroatoms. The van der Waals surface area contributed by atoms with Crippen molar-refractivity contribution in [2.45, 2.75) is 206 Å². The van der Waals surface area contributed by atoms with Crippen molar-refractivity contribution in [2.75, 3.05) is 0 Å². The molecule has 0 amide bonds. The maximum Gasteiger partial charge on any atom is -0.0351 e. The smallest absolute Gasteiger partial charge is 0.0351 e. The van der Waals surface area contributed by atoms with Crippen LogP contribution in [0.5, 0.6) is 0 Å². The maximum absolute atomic E-state index is 3.80. The first-order chi connectivity index (χ1) is 18.9. The molecular weight excluding hydrogens is 456 g/mol. The Morgan fingerprint density at radius 3 is 0.763 bits per heavy atom. The van der Waals surface area contributed by atoms with E-state index in [0.29, 0.717) is 0 Å². The van der Waals surface area contributed by atoms with Gasteiger partial charge in [-0.3, -0.25) is 0 Å². The molecule has 0 N–H and O–H groups in total. The van der Waals surface area contributed by atoms with Crippen molar-refractivity contribution in [3.63, 3.8) is 0 Å². The SMILES string of the molecule is C=CCCCCCCCCCCCCC=CCCCCCC=CCCCCCCCCCCCCCCC. The zero-order valence-electron chi connectivity index (χ0n) is 26.5. The second-order valence-corrected chi connectivity index (χ2v) is 12.0. The highest BCUT2D eigenvalue weighted by atomic mass is 14.0. The van der Waals surface area contributed by atoms with Gasteiger partial charge in [0.1, 0.15) is 0 Å². The van der Waals surface area contributed by atoms with Crippen molar-refractivity contribution in [2.24, 2.45) is 0 Å². The van der Waals surface area contributed by atoms with E-state index in [-0.39, 0.29) is 0 Å². The van der Waals surface area contributed by atoms with Gasteiger partial charge in [0, 0.05) is 0 Å². The fourth-order valence-electron chi connectivity index (χ4n) is 5.42. The van der Waals surface area contributed by atoms with Crippen LogP contribution in [0.2, 0.25) is 0 Å². The van der Waals surface area contributed by atoms with Crippen LogP contribution >= 0.6 is 0 Å². The largest absolute Gasteiger partial charge is 0.103 e. The maximum atomic E-state index is 3.80. The molecule has 0 aliphatic heterocycles. The molecule has 0 radical (unpaired) electrons. The van der Waals surface area contributed by atoms with Crippen LogP contribution in [-0.4, -0.2) is 0 Å². The summed E-state index contributed by atoms with van der Waals surface area (Å²) in [5.41, 5.74) is 0. The van der Waals surface area contributed by atoms with Crippen molar-refractivity contribution in [3.8, 4) is 0 Å². The average Bonchev–Trinajstić information content (AvgIpc) is 2.93. The van der Waals surface area contributed by atoms with Crippen LogP contribution in [0.4, 0.5) is 0 Å². The van der Waals surface area contributed by atoms with Gasteiger partial charge in [0.25, 0.3) is 0 Å². The standard InChI is InChI=1S/C38H72/c1-3-5-7-9-11-13-15-17-19-21-23-25-27-29-31-33-35-37-38-36-34-32-30-28-26-24-22-20-18-16-14-12-10-8-6-4-2/h3,29,31-32,34H,1,4-28,30,33,35-38H2,2H3. The first-order valence-electron chi connectivity index (χ1n) is 17.8. The first kappa shape index (κ1) is 37.2. The summed E-state index contributed by atoms with van der Waals surface area (Å²) in [6.45, 7) is 6.10. The van der Waals surface area contributed by atoms with Crippen LogP contribution in [0.25, 0.3) is 0 Å². The molecule has 0 saturated heterocycles. The van der Waals surface area contributed by atoms with Gasteiger partial charge in [-0.15, -0.1) is 6.58 Å². The summed E-state index contributed by atoms with van der Waals surface area (Å²) in [6.07, 6.45) is 55.4. The van der Waals surface area contributed by atoms with E-state index in [0.717, 1.165) is 0 Å². The summed E-state index contributed by atoms with van der Waals surface area (Å²) < 4.78 is 0. The number of hydrogen-bond donors (Lipinski definition) is 0. The van der Waals surface area contributed by atoms with Crippen molar-refractivity contribution in [1.82, 2.24) is 0 Å². The molecule has 0 bridgehead atoms. The molecule has 0 heterocycles. The minimum atomic E-state index is 1.20. The molecule has 0 fully saturated rings. The Balaban J connectivity index is 3.14. The molecule has 0 rings (SSSR count). The summed E-state index contributed by atoms with van der Waals surface area (Å²) >= 11 is 0. The molecule has 0 aromatic carbocycles. The number of allylic oxidation sites excluding steroid dienone is 5. The van der Waals surface area contributed by atoms with Crippen molar-refractivity contribution in [3.05, 3.63) is 37.0 Å². The Labute approximate surface area is 242 Å². The van der Waals surface area contributed by atoms with Crippen LogP contribution in [0.3, 0.4) is 0 Å². The molecule has 0 unspecified atom stereocenters.